The van der Waals surface area contributed by atoms with Crippen LogP contribution in [0.1, 0.15) is 15.1 Å². The Balaban J connectivity index is 2.28. The Hall–Kier alpha value is 0.199. The summed E-state index contributed by atoms with van der Waals surface area (Å²) in [5, 5.41) is 4.52. The van der Waals surface area contributed by atoms with Crippen molar-refractivity contribution in [3.63, 3.8) is 0 Å². The van der Waals surface area contributed by atoms with E-state index in [2.05, 4.69) is 37.7 Å². The summed E-state index contributed by atoms with van der Waals surface area (Å²) in [7, 11) is 0. The molecule has 15 heavy (non-hydrogen) atoms. The molecule has 0 fully saturated rings. The molecule has 0 atom stereocenters. The van der Waals surface area contributed by atoms with Gasteiger partial charge >= 0.3 is 104 Å². The van der Waals surface area contributed by atoms with Gasteiger partial charge in [0.05, 0.1) is 0 Å². The van der Waals surface area contributed by atoms with Gasteiger partial charge in [-0.3, -0.25) is 0 Å². The summed E-state index contributed by atoms with van der Waals surface area (Å²) in [4.78, 5) is 10.8. The van der Waals surface area contributed by atoms with Crippen molar-refractivity contribution in [3.05, 3.63) is 34.0 Å². The van der Waals surface area contributed by atoms with Crippen molar-refractivity contribution >= 4 is 41.1 Å². The summed E-state index contributed by atoms with van der Waals surface area (Å²) < 4.78 is 0.807. The van der Waals surface area contributed by atoms with Crippen LogP contribution in [-0.2, 0) is 0 Å². The third-order valence-electron chi connectivity index (χ3n) is 3.09. The van der Waals surface area contributed by atoms with Crippen LogP contribution in [0.15, 0.2) is 22.9 Å². The SMILES string of the molecule is [CH3][Sn]([CH3])([CH3])[CH]1c2ccsc2-c2sccc21. The molecule has 3 heteroatoms. The topological polar surface area (TPSA) is 0 Å². The molecule has 0 spiro atoms. The Morgan fingerprint density at radius 2 is 1.40 bits per heavy atom. The summed E-state index contributed by atoms with van der Waals surface area (Å²) in [6.45, 7) is 0. The number of rotatable bonds is 1. The van der Waals surface area contributed by atoms with Crippen LogP contribution >= 0.6 is 22.7 Å². The van der Waals surface area contributed by atoms with E-state index in [1.807, 2.05) is 22.7 Å². The van der Waals surface area contributed by atoms with Crippen molar-refractivity contribution in [2.24, 2.45) is 0 Å². The third-order valence-corrected chi connectivity index (χ3v) is 11.8. The summed E-state index contributed by atoms with van der Waals surface area (Å²) in [6.07, 6.45) is 0. The molecule has 2 aromatic rings. The molecular formula is C12H14S2Sn. The second-order valence-corrected chi connectivity index (χ2v) is 22.2. The van der Waals surface area contributed by atoms with Crippen molar-refractivity contribution in [2.45, 2.75) is 18.8 Å². The van der Waals surface area contributed by atoms with Gasteiger partial charge < -0.3 is 0 Å². The molecule has 0 saturated carbocycles. The van der Waals surface area contributed by atoms with Gasteiger partial charge in [-0.1, -0.05) is 0 Å². The second-order valence-electron chi connectivity index (χ2n) is 5.21. The minimum absolute atomic E-state index is 0.807. The third kappa shape index (κ3) is 1.45. The molecule has 0 nitrogen and oxygen atoms in total. The fourth-order valence-corrected chi connectivity index (χ4v) is 11.9. The quantitative estimate of drug-likeness (QED) is 0.654. The van der Waals surface area contributed by atoms with Crippen molar-refractivity contribution in [1.29, 1.82) is 0 Å². The molecule has 0 bridgehead atoms. The molecule has 0 unspecified atom stereocenters. The van der Waals surface area contributed by atoms with Gasteiger partial charge in [-0.15, -0.1) is 0 Å². The maximum atomic E-state index is 2.55. The fourth-order valence-electron chi connectivity index (χ4n) is 2.56. The Morgan fingerprint density at radius 1 is 0.933 bits per heavy atom. The van der Waals surface area contributed by atoms with Gasteiger partial charge in [0.25, 0.3) is 0 Å². The molecular weight excluding hydrogens is 327 g/mol. The van der Waals surface area contributed by atoms with Crippen LogP contribution in [0.2, 0.25) is 14.8 Å². The zero-order valence-electron chi connectivity index (χ0n) is 9.20. The van der Waals surface area contributed by atoms with E-state index in [0.717, 1.165) is 3.93 Å². The van der Waals surface area contributed by atoms with Gasteiger partial charge in [-0.05, 0) is 0 Å². The van der Waals surface area contributed by atoms with Gasteiger partial charge in [-0.25, -0.2) is 0 Å². The van der Waals surface area contributed by atoms with Crippen LogP contribution in [0.25, 0.3) is 9.75 Å². The zero-order chi connectivity index (χ0) is 10.6. The summed E-state index contributed by atoms with van der Waals surface area (Å²) in [5.41, 5.74) is 3.29. The summed E-state index contributed by atoms with van der Waals surface area (Å²) in [5.74, 6) is 0. The first-order valence-electron chi connectivity index (χ1n) is 5.24. The van der Waals surface area contributed by atoms with Crippen molar-refractivity contribution in [1.82, 2.24) is 0 Å². The average Bonchev–Trinajstić information content (AvgIpc) is 2.67. The number of hydrogen-bond donors (Lipinski definition) is 0. The van der Waals surface area contributed by atoms with Crippen LogP contribution in [0.5, 0.6) is 0 Å². The first-order chi connectivity index (χ1) is 7.09. The maximum absolute atomic E-state index is 2.55. The molecule has 0 aromatic carbocycles. The van der Waals surface area contributed by atoms with E-state index in [9.17, 15) is 0 Å². The summed E-state index contributed by atoms with van der Waals surface area (Å²) >= 11 is 1.96. The van der Waals surface area contributed by atoms with E-state index in [-0.39, 0.29) is 0 Å². The van der Waals surface area contributed by atoms with E-state index in [1.54, 1.807) is 20.9 Å². The second kappa shape index (κ2) is 3.34. The van der Waals surface area contributed by atoms with E-state index in [0.29, 0.717) is 0 Å². The number of hydrogen-bond acceptors (Lipinski definition) is 2. The number of fused-ring (bicyclic) bond motifs is 3. The standard InChI is InChI=1S/C9H5S2.3CH3.Sn/c1-3-10-8-6(1)5-7-2-4-11-9(7)8;;;;/h1-5H;3*1H3;. The molecule has 3 rings (SSSR count). The minimum atomic E-state index is -1.89. The van der Waals surface area contributed by atoms with E-state index in [1.165, 1.54) is 0 Å². The van der Waals surface area contributed by atoms with Crippen molar-refractivity contribution < 1.29 is 0 Å². The fraction of sp³-hybridized carbons (Fsp3) is 0.333. The predicted molar refractivity (Wildman–Crippen MR) is 72.8 cm³/mol. The molecule has 78 valence electrons. The molecule has 0 aliphatic heterocycles. The van der Waals surface area contributed by atoms with E-state index < -0.39 is 18.4 Å². The summed E-state index contributed by atoms with van der Waals surface area (Å²) in [6, 6.07) is 4.72. The Labute approximate surface area is 103 Å². The zero-order valence-corrected chi connectivity index (χ0v) is 13.7. The monoisotopic (exact) mass is 342 g/mol. The molecule has 0 radical (unpaired) electrons. The predicted octanol–water partition coefficient (Wildman–Crippen LogP) is 4.80. The van der Waals surface area contributed by atoms with Crippen LogP contribution in [-0.4, -0.2) is 18.4 Å². The first-order valence-corrected chi connectivity index (χ1v) is 17.2. The Kier molecular flexibility index (Phi) is 2.31. The molecule has 1 aliphatic carbocycles. The van der Waals surface area contributed by atoms with Crippen molar-refractivity contribution in [2.75, 3.05) is 0 Å². The van der Waals surface area contributed by atoms with E-state index >= 15 is 0 Å². The first kappa shape index (κ1) is 10.4. The van der Waals surface area contributed by atoms with Gasteiger partial charge in [0.2, 0.25) is 0 Å². The van der Waals surface area contributed by atoms with Crippen LogP contribution < -0.4 is 0 Å². The van der Waals surface area contributed by atoms with Gasteiger partial charge in [0.1, 0.15) is 0 Å². The molecule has 1 aliphatic rings. The average molecular weight is 341 g/mol. The van der Waals surface area contributed by atoms with Crippen LogP contribution in [0.3, 0.4) is 0 Å². The molecule has 2 aromatic heterocycles. The Morgan fingerprint density at radius 3 is 1.80 bits per heavy atom. The molecule has 0 saturated heterocycles. The van der Waals surface area contributed by atoms with Gasteiger partial charge in [0.15, 0.2) is 0 Å². The van der Waals surface area contributed by atoms with Crippen LogP contribution in [0, 0.1) is 0 Å². The van der Waals surface area contributed by atoms with Crippen molar-refractivity contribution in [3.8, 4) is 9.75 Å². The van der Waals surface area contributed by atoms with Gasteiger partial charge in [-0.2, -0.15) is 0 Å². The van der Waals surface area contributed by atoms with Gasteiger partial charge in [0, 0.05) is 0 Å². The van der Waals surface area contributed by atoms with E-state index in [4.69, 9.17) is 0 Å². The molecule has 0 N–H and O–H groups in total. The molecule has 0 amide bonds. The molecule has 2 heterocycles. The Bertz CT molecular complexity index is 461. The van der Waals surface area contributed by atoms with Crippen LogP contribution in [0.4, 0.5) is 0 Å². The number of thiophene rings is 2. The normalized spacial score (nSPS) is 15.4.